The van der Waals surface area contributed by atoms with E-state index >= 15 is 0 Å². The van der Waals surface area contributed by atoms with Crippen molar-refractivity contribution in [3.05, 3.63) is 28.2 Å². The third-order valence-corrected chi connectivity index (χ3v) is 5.29. The van der Waals surface area contributed by atoms with Crippen LogP contribution in [0, 0.1) is 0 Å². The Hall–Kier alpha value is -0.660. The van der Waals surface area contributed by atoms with Crippen LogP contribution in [0.5, 0.6) is 5.75 Å². The summed E-state index contributed by atoms with van der Waals surface area (Å²) in [5.41, 5.74) is 1.06. The molecule has 2 heterocycles. The summed E-state index contributed by atoms with van der Waals surface area (Å²) in [6, 6.07) is 5.96. The van der Waals surface area contributed by atoms with Gasteiger partial charge in [-0.15, -0.1) is 0 Å². The molecule has 2 aliphatic heterocycles. The largest absolute Gasteiger partial charge is 0.490 e. The summed E-state index contributed by atoms with van der Waals surface area (Å²) < 4.78 is 29.5. The fourth-order valence-corrected chi connectivity index (χ4v) is 3.47. The second-order valence-electron chi connectivity index (χ2n) is 6.35. The summed E-state index contributed by atoms with van der Waals surface area (Å²) in [6.07, 6.45) is 6.37. The van der Waals surface area contributed by atoms with Crippen LogP contribution in [0.3, 0.4) is 0 Å². The van der Waals surface area contributed by atoms with Crippen LogP contribution < -0.4 is 4.74 Å². The molecule has 3 rings (SSSR count). The Morgan fingerprint density at radius 3 is 2.32 bits per heavy atom. The van der Waals surface area contributed by atoms with E-state index in [1.807, 2.05) is 18.2 Å². The quantitative estimate of drug-likeness (QED) is 0.589. The molecule has 2 atom stereocenters. The highest BCUT2D eigenvalue weighted by Crippen LogP contribution is 2.30. The highest BCUT2D eigenvalue weighted by atomic mass is 79.9. The van der Waals surface area contributed by atoms with Gasteiger partial charge in [0.1, 0.15) is 12.4 Å². The highest BCUT2D eigenvalue weighted by molar-refractivity contribution is 9.10. The van der Waals surface area contributed by atoms with Gasteiger partial charge in [-0.3, -0.25) is 0 Å². The molecule has 0 saturated carbocycles. The van der Waals surface area contributed by atoms with Gasteiger partial charge in [0.15, 0.2) is 12.6 Å². The van der Waals surface area contributed by atoms with Crippen LogP contribution in [-0.4, -0.2) is 39.0 Å². The fourth-order valence-electron chi connectivity index (χ4n) is 2.98. The first kappa shape index (κ1) is 19.1. The molecule has 5 nitrogen and oxygen atoms in total. The van der Waals surface area contributed by atoms with Crippen LogP contribution in [0.4, 0.5) is 0 Å². The zero-order valence-corrected chi connectivity index (χ0v) is 16.2. The predicted molar refractivity (Wildman–Crippen MR) is 97.6 cm³/mol. The van der Waals surface area contributed by atoms with Crippen molar-refractivity contribution in [1.29, 1.82) is 0 Å². The molecule has 0 radical (unpaired) electrons. The fraction of sp³-hybridized carbons (Fsp3) is 0.684. The number of benzene rings is 1. The smallest absolute Gasteiger partial charge is 0.158 e. The van der Waals surface area contributed by atoms with Crippen molar-refractivity contribution in [3.8, 4) is 5.75 Å². The summed E-state index contributed by atoms with van der Waals surface area (Å²) in [4.78, 5) is 0. The molecule has 6 heteroatoms. The molecule has 2 saturated heterocycles. The lowest BCUT2D eigenvalue weighted by Gasteiger charge is -2.23. The lowest BCUT2D eigenvalue weighted by Crippen LogP contribution is -2.24. The van der Waals surface area contributed by atoms with E-state index in [2.05, 4.69) is 15.9 Å². The summed E-state index contributed by atoms with van der Waals surface area (Å²) in [7, 11) is 0. The Morgan fingerprint density at radius 2 is 1.64 bits per heavy atom. The monoisotopic (exact) mass is 414 g/mol. The molecule has 0 bridgehead atoms. The Morgan fingerprint density at radius 1 is 0.920 bits per heavy atom. The van der Waals surface area contributed by atoms with E-state index < -0.39 is 0 Å². The van der Waals surface area contributed by atoms with Crippen LogP contribution >= 0.6 is 15.9 Å². The third-order valence-electron chi connectivity index (χ3n) is 4.39. The molecule has 1 aromatic carbocycles. The topological polar surface area (TPSA) is 46.2 Å². The minimum atomic E-state index is -0.0888. The summed E-state index contributed by atoms with van der Waals surface area (Å²) in [5, 5.41) is 0. The molecule has 2 aliphatic rings. The van der Waals surface area contributed by atoms with Gasteiger partial charge in [0, 0.05) is 13.2 Å². The molecule has 2 fully saturated rings. The predicted octanol–water partition coefficient (Wildman–Crippen LogP) is 4.41. The van der Waals surface area contributed by atoms with Crippen molar-refractivity contribution < 1.29 is 23.7 Å². The average molecular weight is 415 g/mol. The van der Waals surface area contributed by atoms with Gasteiger partial charge in [0.2, 0.25) is 0 Å². The Labute approximate surface area is 158 Å². The van der Waals surface area contributed by atoms with Crippen molar-refractivity contribution in [2.75, 3.05) is 26.4 Å². The second kappa shape index (κ2) is 10.5. The number of ether oxygens (including phenoxy) is 5. The van der Waals surface area contributed by atoms with Gasteiger partial charge in [0.05, 0.1) is 17.7 Å². The molecule has 0 aromatic heterocycles. The van der Waals surface area contributed by atoms with Crippen LogP contribution in [0.2, 0.25) is 0 Å². The molecule has 0 aliphatic carbocycles. The molecule has 1 aromatic rings. The Kier molecular flexibility index (Phi) is 8.01. The molecule has 0 spiro atoms. The van der Waals surface area contributed by atoms with Gasteiger partial charge in [-0.1, -0.05) is 12.1 Å². The van der Waals surface area contributed by atoms with Gasteiger partial charge in [0.25, 0.3) is 0 Å². The van der Waals surface area contributed by atoms with E-state index in [1.165, 1.54) is 12.8 Å². The summed E-state index contributed by atoms with van der Waals surface area (Å²) in [5.74, 6) is 0.804. The SMILES string of the molecule is Brc1c(COC2CCCCO2)cccc1OCCOC1CCCCO1. The van der Waals surface area contributed by atoms with Crippen LogP contribution in [0.25, 0.3) is 0 Å². The number of hydrogen-bond acceptors (Lipinski definition) is 5. The van der Waals surface area contributed by atoms with E-state index in [-0.39, 0.29) is 12.6 Å². The van der Waals surface area contributed by atoms with Gasteiger partial charge < -0.3 is 23.7 Å². The maximum atomic E-state index is 5.86. The average Bonchev–Trinajstić information content (AvgIpc) is 2.67. The first-order valence-corrected chi connectivity index (χ1v) is 9.99. The van der Waals surface area contributed by atoms with Gasteiger partial charge >= 0.3 is 0 Å². The van der Waals surface area contributed by atoms with Crippen molar-refractivity contribution in [3.63, 3.8) is 0 Å². The van der Waals surface area contributed by atoms with Gasteiger partial charge in [-0.05, 0) is 66.1 Å². The van der Waals surface area contributed by atoms with Gasteiger partial charge in [-0.25, -0.2) is 0 Å². The molecule has 25 heavy (non-hydrogen) atoms. The zero-order chi connectivity index (χ0) is 17.3. The lowest BCUT2D eigenvalue weighted by molar-refractivity contribution is -0.169. The van der Waals surface area contributed by atoms with E-state index in [0.717, 1.165) is 54.7 Å². The van der Waals surface area contributed by atoms with E-state index in [1.54, 1.807) is 0 Å². The number of hydrogen-bond donors (Lipinski definition) is 0. The highest BCUT2D eigenvalue weighted by Gasteiger charge is 2.16. The molecule has 0 N–H and O–H groups in total. The minimum Gasteiger partial charge on any atom is -0.490 e. The van der Waals surface area contributed by atoms with Crippen molar-refractivity contribution >= 4 is 15.9 Å². The normalized spacial score (nSPS) is 24.2. The van der Waals surface area contributed by atoms with E-state index in [9.17, 15) is 0 Å². The minimum absolute atomic E-state index is 0.0731. The van der Waals surface area contributed by atoms with E-state index in [0.29, 0.717) is 19.8 Å². The lowest BCUT2D eigenvalue weighted by atomic mass is 10.2. The standard InChI is InChI=1S/C19H27BrO5/c20-19-15(14-25-18-9-2-4-11-23-18)6-5-7-16(19)21-12-13-24-17-8-1-3-10-22-17/h5-7,17-18H,1-4,8-14H2. The second-order valence-corrected chi connectivity index (χ2v) is 7.14. The van der Waals surface area contributed by atoms with E-state index in [4.69, 9.17) is 23.7 Å². The van der Waals surface area contributed by atoms with Crippen molar-refractivity contribution in [1.82, 2.24) is 0 Å². The van der Waals surface area contributed by atoms with Crippen molar-refractivity contribution in [2.45, 2.75) is 57.7 Å². The van der Waals surface area contributed by atoms with Gasteiger partial charge in [-0.2, -0.15) is 0 Å². The third kappa shape index (κ3) is 6.22. The number of halogens is 1. The Bertz CT molecular complexity index is 513. The van der Waals surface area contributed by atoms with Crippen molar-refractivity contribution in [2.24, 2.45) is 0 Å². The molecular formula is C19H27BrO5. The van der Waals surface area contributed by atoms with Crippen LogP contribution in [0.1, 0.15) is 44.1 Å². The molecule has 140 valence electrons. The first-order chi connectivity index (χ1) is 12.3. The maximum Gasteiger partial charge on any atom is 0.158 e. The summed E-state index contributed by atoms with van der Waals surface area (Å²) >= 11 is 3.62. The summed E-state index contributed by atoms with van der Waals surface area (Å²) in [6.45, 7) is 3.11. The first-order valence-electron chi connectivity index (χ1n) is 9.19. The maximum absolute atomic E-state index is 5.86. The molecule has 2 unspecified atom stereocenters. The van der Waals surface area contributed by atoms with Crippen LogP contribution in [-0.2, 0) is 25.6 Å². The Balaban J connectivity index is 1.41. The zero-order valence-electron chi connectivity index (χ0n) is 14.6. The van der Waals surface area contributed by atoms with Crippen LogP contribution in [0.15, 0.2) is 22.7 Å². The molecular weight excluding hydrogens is 388 g/mol. The number of rotatable bonds is 8. The molecule has 0 amide bonds.